The highest BCUT2D eigenvalue weighted by atomic mass is 15.2. The first kappa shape index (κ1) is 23.1. The third-order valence-electron chi connectivity index (χ3n) is 8.26. The van der Waals surface area contributed by atoms with Crippen LogP contribution in [0.4, 0.5) is 5.69 Å². The van der Waals surface area contributed by atoms with Crippen LogP contribution < -0.4 is 4.90 Å². The molecule has 1 heteroatoms. The van der Waals surface area contributed by atoms with E-state index in [1.54, 1.807) is 16.7 Å². The molecule has 0 saturated carbocycles. The Morgan fingerprint density at radius 2 is 1.28 bits per heavy atom. The lowest BCUT2D eigenvalue weighted by Gasteiger charge is -2.40. The zero-order valence-electron chi connectivity index (χ0n) is 21.3. The maximum Gasteiger partial charge on any atom is 0.0591 e. The fourth-order valence-electron chi connectivity index (χ4n) is 6.50. The van der Waals surface area contributed by atoms with Gasteiger partial charge in [-0.15, -0.1) is 0 Å². The minimum atomic E-state index is 0.398. The molecule has 0 amide bonds. The van der Waals surface area contributed by atoms with Crippen molar-refractivity contribution in [3.8, 4) is 0 Å². The van der Waals surface area contributed by atoms with Crippen molar-refractivity contribution in [3.63, 3.8) is 0 Å². The highest BCUT2D eigenvalue weighted by molar-refractivity contribution is 5.60. The van der Waals surface area contributed by atoms with Crippen molar-refractivity contribution in [2.75, 3.05) is 4.90 Å². The van der Waals surface area contributed by atoms with Crippen LogP contribution in [0.5, 0.6) is 0 Å². The van der Waals surface area contributed by atoms with E-state index in [2.05, 4.69) is 108 Å². The van der Waals surface area contributed by atoms with Crippen LogP contribution in [0.25, 0.3) is 0 Å². The number of anilines is 1. The van der Waals surface area contributed by atoms with Gasteiger partial charge in [-0.3, -0.25) is 0 Å². The summed E-state index contributed by atoms with van der Waals surface area (Å²) >= 11 is 0. The first-order chi connectivity index (χ1) is 17.9. The summed E-state index contributed by atoms with van der Waals surface area (Å²) in [5, 5.41) is 0. The molecule has 1 nitrogen and oxygen atoms in total. The highest BCUT2D eigenvalue weighted by Crippen LogP contribution is 2.41. The van der Waals surface area contributed by atoms with Gasteiger partial charge >= 0.3 is 0 Å². The average molecular weight is 472 g/mol. The molecule has 0 N–H and O–H groups in total. The van der Waals surface area contributed by atoms with Gasteiger partial charge in [0, 0.05) is 17.3 Å². The van der Waals surface area contributed by atoms with E-state index in [0.717, 1.165) is 51.4 Å². The van der Waals surface area contributed by atoms with E-state index < -0.39 is 0 Å². The molecule has 0 spiro atoms. The molecule has 5 aliphatic rings. The first-order valence-corrected chi connectivity index (χ1v) is 13.9. The third kappa shape index (κ3) is 4.72. The minimum absolute atomic E-state index is 0.398. The van der Waals surface area contributed by atoms with Gasteiger partial charge in [0.2, 0.25) is 0 Å². The van der Waals surface area contributed by atoms with Crippen molar-refractivity contribution in [2.24, 2.45) is 0 Å². The summed E-state index contributed by atoms with van der Waals surface area (Å²) in [4.78, 5) is 2.66. The lowest BCUT2D eigenvalue weighted by molar-refractivity contribution is 0.653. The quantitative estimate of drug-likeness (QED) is 0.399. The Morgan fingerprint density at radius 3 is 1.92 bits per heavy atom. The monoisotopic (exact) mass is 471 g/mol. The maximum absolute atomic E-state index is 2.66. The molecule has 0 bridgehead atoms. The van der Waals surface area contributed by atoms with E-state index in [1.165, 1.54) is 28.9 Å². The van der Waals surface area contributed by atoms with Crippen molar-refractivity contribution >= 4 is 5.69 Å². The molecular weight excluding hydrogens is 434 g/mol. The Hall–Kier alpha value is -3.32. The first-order valence-electron chi connectivity index (χ1n) is 13.9. The Morgan fingerprint density at radius 1 is 0.639 bits per heavy atom. The standard InChI is InChI=1S/C35H37N/c1-4-14-28(15-5-1)35(29-16-6-2-7-17-29)30-23-25-32(26-24-30)36(31-19-8-3-9-20-31)34-22-12-18-27-13-10-11-21-33(27)34/h1-4,6,8,10,12-14,16,18-19,23-26,34-35H,5,7,9,11,15,17,20-22H2. The van der Waals surface area contributed by atoms with Crippen LogP contribution in [-0.2, 0) is 0 Å². The molecule has 0 aromatic heterocycles. The van der Waals surface area contributed by atoms with Gasteiger partial charge in [0.05, 0.1) is 6.04 Å². The molecule has 1 aromatic rings. The van der Waals surface area contributed by atoms with Crippen LogP contribution in [-0.4, -0.2) is 6.04 Å². The molecule has 0 radical (unpaired) electrons. The van der Waals surface area contributed by atoms with Crippen LogP contribution in [0.3, 0.4) is 0 Å². The topological polar surface area (TPSA) is 3.24 Å². The van der Waals surface area contributed by atoms with Crippen LogP contribution in [0.2, 0.25) is 0 Å². The summed E-state index contributed by atoms with van der Waals surface area (Å²) in [6, 6.07) is 10.0. The van der Waals surface area contributed by atoms with Crippen LogP contribution >= 0.6 is 0 Å². The predicted molar refractivity (Wildman–Crippen MR) is 154 cm³/mol. The molecule has 6 rings (SSSR count). The van der Waals surface area contributed by atoms with Gasteiger partial charge in [0.25, 0.3) is 0 Å². The molecule has 182 valence electrons. The van der Waals surface area contributed by atoms with E-state index in [-0.39, 0.29) is 0 Å². The molecular formula is C35H37N. The largest absolute Gasteiger partial charge is 0.338 e. The van der Waals surface area contributed by atoms with Gasteiger partial charge < -0.3 is 4.90 Å². The van der Waals surface area contributed by atoms with Crippen molar-refractivity contribution in [3.05, 3.63) is 137 Å². The van der Waals surface area contributed by atoms with E-state index in [0.29, 0.717) is 12.0 Å². The molecule has 0 heterocycles. The van der Waals surface area contributed by atoms with E-state index in [9.17, 15) is 0 Å². The maximum atomic E-state index is 2.66. The summed E-state index contributed by atoms with van der Waals surface area (Å²) < 4.78 is 0. The second-order valence-corrected chi connectivity index (χ2v) is 10.5. The second kappa shape index (κ2) is 10.7. The Kier molecular flexibility index (Phi) is 6.89. The Bertz CT molecular complexity index is 1220. The highest BCUT2D eigenvalue weighted by Gasteiger charge is 2.29. The lowest BCUT2D eigenvalue weighted by Crippen LogP contribution is -2.38. The van der Waals surface area contributed by atoms with E-state index in [1.807, 2.05) is 0 Å². The number of hydrogen-bond acceptors (Lipinski definition) is 1. The molecule has 0 fully saturated rings. The SMILES string of the molecule is C1=CCCC(C(C2=CC=CCC2)c2ccc(N(C3=CC=CCC3)C3CC=CC4=C3CCC=C4)cc2)=C1. The molecule has 1 unspecified atom stereocenters. The summed E-state index contributed by atoms with van der Waals surface area (Å²) in [6.45, 7) is 0. The van der Waals surface area contributed by atoms with Gasteiger partial charge in [-0.1, -0.05) is 96.2 Å². The van der Waals surface area contributed by atoms with Gasteiger partial charge in [-0.2, -0.15) is 0 Å². The number of hydrogen-bond donors (Lipinski definition) is 0. The predicted octanol–water partition coefficient (Wildman–Crippen LogP) is 9.34. The number of allylic oxidation sites excluding steroid dienone is 16. The summed E-state index contributed by atoms with van der Waals surface area (Å²) in [5.74, 6) is 0.398. The summed E-state index contributed by atoms with van der Waals surface area (Å²) in [5.41, 5.74) is 10.4. The van der Waals surface area contributed by atoms with Gasteiger partial charge in [-0.05, 0) is 92.7 Å². The molecule has 36 heavy (non-hydrogen) atoms. The fraction of sp³-hybridized carbons (Fsp3) is 0.314. The van der Waals surface area contributed by atoms with Crippen molar-refractivity contribution in [1.29, 1.82) is 0 Å². The van der Waals surface area contributed by atoms with Gasteiger partial charge in [-0.25, -0.2) is 0 Å². The molecule has 0 aliphatic heterocycles. The van der Waals surface area contributed by atoms with Gasteiger partial charge in [0.15, 0.2) is 0 Å². The number of benzene rings is 1. The lowest BCUT2D eigenvalue weighted by atomic mass is 9.78. The molecule has 1 aromatic carbocycles. The fourth-order valence-corrected chi connectivity index (χ4v) is 6.50. The Balaban J connectivity index is 1.37. The van der Waals surface area contributed by atoms with Crippen LogP contribution in [0.1, 0.15) is 69.3 Å². The average Bonchev–Trinajstić information content (AvgIpc) is 2.96. The minimum Gasteiger partial charge on any atom is -0.338 e. The zero-order valence-corrected chi connectivity index (χ0v) is 21.3. The van der Waals surface area contributed by atoms with Crippen LogP contribution in [0.15, 0.2) is 131 Å². The molecule has 0 saturated heterocycles. The van der Waals surface area contributed by atoms with Gasteiger partial charge in [0.1, 0.15) is 0 Å². The smallest absolute Gasteiger partial charge is 0.0591 e. The summed E-state index contributed by atoms with van der Waals surface area (Å²) in [7, 11) is 0. The number of nitrogens with zero attached hydrogens (tertiary/aromatic N) is 1. The summed E-state index contributed by atoms with van der Waals surface area (Å²) in [6.07, 6.45) is 40.4. The van der Waals surface area contributed by atoms with E-state index >= 15 is 0 Å². The zero-order chi connectivity index (χ0) is 24.2. The molecule has 1 atom stereocenters. The third-order valence-corrected chi connectivity index (χ3v) is 8.26. The van der Waals surface area contributed by atoms with Crippen molar-refractivity contribution < 1.29 is 0 Å². The van der Waals surface area contributed by atoms with Crippen molar-refractivity contribution in [2.45, 2.75) is 69.7 Å². The second-order valence-electron chi connectivity index (χ2n) is 10.5. The van der Waals surface area contributed by atoms with Crippen molar-refractivity contribution in [1.82, 2.24) is 0 Å². The Labute approximate surface area is 217 Å². The van der Waals surface area contributed by atoms with Crippen LogP contribution in [0, 0.1) is 0 Å². The molecule has 5 aliphatic carbocycles. The number of rotatable bonds is 6. The normalized spacial score (nSPS) is 22.9. The van der Waals surface area contributed by atoms with E-state index in [4.69, 9.17) is 0 Å².